The predicted octanol–water partition coefficient (Wildman–Crippen LogP) is -0.404. The molecule has 20 N–H and O–H groups in total. The molecule has 0 fully saturated rings. The number of ether oxygens (including phenoxy) is 2. The van der Waals surface area contributed by atoms with Crippen LogP contribution >= 0.6 is 0 Å². The van der Waals surface area contributed by atoms with Gasteiger partial charge in [0.15, 0.2) is 11.6 Å². The largest absolute Gasteiger partial charge is 0.508 e. The summed E-state index contributed by atoms with van der Waals surface area (Å²) in [5.41, 5.74) is 21.2. The Bertz CT molecular complexity index is 3290. The monoisotopic (exact) mass is 1310 g/mol. The van der Waals surface area contributed by atoms with Crippen molar-refractivity contribution in [2.45, 2.75) is 160 Å². The number of carboxylic acid groups (broad SMARTS) is 1. The first-order chi connectivity index (χ1) is 44.5. The van der Waals surface area contributed by atoms with Crippen LogP contribution in [-0.2, 0) is 58.3 Å². The number of benzene rings is 3. The summed E-state index contributed by atoms with van der Waals surface area (Å²) < 4.78 is 12.2. The molecule has 3 aromatic rings. The number of phenolic OH excluding ortho intramolecular Hbond substituents is 2. The van der Waals surface area contributed by atoms with E-state index in [4.69, 9.17) is 32.4 Å². The number of nitrogens with two attached hydrogens (primary N) is 4. The molecule has 3 aromatic carbocycles. The lowest BCUT2D eigenvalue weighted by atomic mass is 9.77. The lowest BCUT2D eigenvalue weighted by Gasteiger charge is -2.36. The Morgan fingerprint density at radius 1 is 0.574 bits per heavy atom. The number of unbranched alkanes of at least 4 members (excludes halogenated alkanes) is 1. The molecule has 2 aliphatic rings. The second kappa shape index (κ2) is 34.6. The molecule has 0 bridgehead atoms. The van der Waals surface area contributed by atoms with Crippen LogP contribution in [0.2, 0.25) is 0 Å². The van der Waals surface area contributed by atoms with Gasteiger partial charge in [0, 0.05) is 53.9 Å². The van der Waals surface area contributed by atoms with Crippen LogP contribution in [0.25, 0.3) is 0 Å². The SMILES string of the molecule is CC[C@H](C)C(NC)C(=O)N[C@H](C(=O)NCC(=O)N[C@@H](CCC(=O)O)C(=O)N[C@@H](CCCCNC(=O)c1ccc2c(c1)C1(OC2=O)c2ccc(O)cc2Oc2cc(O)ccc21)C(=O)N[C@H](C(=O)N[C@@H](CC(N)=O)C(=O)N[C@@H](CCCN=C(N)N)C(N)=O)[C@@H](C)CC)[C@@H](C)CC. The fourth-order valence-electron chi connectivity index (χ4n) is 10.8. The number of esters is 1. The molecule has 0 saturated heterocycles. The smallest absolute Gasteiger partial charge is 0.340 e. The molecule has 0 radical (unpaired) electrons. The third kappa shape index (κ3) is 19.7. The third-order valence-corrected chi connectivity index (χ3v) is 16.6. The number of carbonyl (C=O) groups is 12. The molecule has 94 heavy (non-hydrogen) atoms. The minimum absolute atomic E-state index is 0.0497. The fraction of sp³-hybridized carbons (Fsp3) is 0.508. The van der Waals surface area contributed by atoms with E-state index < -0.39 is 157 Å². The second-order valence-electron chi connectivity index (χ2n) is 23.4. The minimum Gasteiger partial charge on any atom is -0.508 e. The van der Waals surface area contributed by atoms with Crippen LogP contribution in [0.15, 0.2) is 59.6 Å². The van der Waals surface area contributed by atoms with E-state index in [9.17, 15) is 72.9 Å². The molecule has 512 valence electrons. The normalized spacial score (nSPS) is 15.6. The molecule has 31 nitrogen and oxygen atoms in total. The highest BCUT2D eigenvalue weighted by Crippen LogP contribution is 2.57. The number of likely N-dealkylation sites (N-methyl/N-ethyl adjacent to an activating group) is 1. The average Bonchev–Trinajstić information content (AvgIpc) is 1.46. The van der Waals surface area contributed by atoms with Crippen molar-refractivity contribution < 1.29 is 82.3 Å². The maximum atomic E-state index is 14.7. The van der Waals surface area contributed by atoms with Gasteiger partial charge >= 0.3 is 11.9 Å². The van der Waals surface area contributed by atoms with Gasteiger partial charge in [-0.05, 0) is 106 Å². The van der Waals surface area contributed by atoms with Crippen LogP contribution in [-0.4, -0.2) is 161 Å². The van der Waals surface area contributed by atoms with Gasteiger partial charge in [-0.1, -0.05) is 60.8 Å². The number of nitrogens with one attached hydrogen (secondary N) is 9. The Hall–Kier alpha value is -10.1. The topological polar surface area (TPSA) is 509 Å². The fourth-order valence-corrected chi connectivity index (χ4v) is 10.8. The number of primary amides is 2. The number of fused-ring (bicyclic) bond motifs is 6. The van der Waals surface area contributed by atoms with Gasteiger partial charge in [0.1, 0.15) is 59.2 Å². The number of nitrogens with zero attached hydrogens (tertiary/aromatic N) is 1. The lowest BCUT2D eigenvalue weighted by Crippen LogP contribution is -2.61. The van der Waals surface area contributed by atoms with E-state index in [1.807, 2.05) is 20.8 Å². The number of carbonyl (C=O) groups excluding carboxylic acids is 11. The van der Waals surface area contributed by atoms with E-state index in [0.717, 1.165) is 0 Å². The number of aliphatic carboxylic acids is 1. The molecule has 5 rings (SSSR count). The highest BCUT2D eigenvalue weighted by molar-refractivity contribution is 6.01. The van der Waals surface area contributed by atoms with Gasteiger partial charge in [0.2, 0.25) is 53.2 Å². The van der Waals surface area contributed by atoms with Gasteiger partial charge in [0.25, 0.3) is 5.91 Å². The van der Waals surface area contributed by atoms with Crippen LogP contribution in [0.3, 0.4) is 0 Å². The molecule has 2 heterocycles. The van der Waals surface area contributed by atoms with Crippen molar-refractivity contribution in [3.05, 3.63) is 82.4 Å². The van der Waals surface area contributed by atoms with Crippen molar-refractivity contribution in [1.82, 2.24) is 47.9 Å². The Morgan fingerprint density at radius 2 is 1.10 bits per heavy atom. The highest BCUT2D eigenvalue weighted by atomic mass is 16.6. The number of hydrogen-bond donors (Lipinski definition) is 16. The molecular formula is C63H88N14O17. The summed E-state index contributed by atoms with van der Waals surface area (Å²) in [6, 6.07) is 3.23. The molecule has 31 heteroatoms. The molecule has 0 aliphatic carbocycles. The predicted molar refractivity (Wildman–Crippen MR) is 340 cm³/mol. The van der Waals surface area contributed by atoms with Crippen LogP contribution in [0.4, 0.5) is 0 Å². The molecule has 1 spiro atoms. The zero-order chi connectivity index (χ0) is 69.7. The number of phenols is 2. The van der Waals surface area contributed by atoms with Gasteiger partial charge in [-0.2, -0.15) is 0 Å². The quantitative estimate of drug-likeness (QED) is 0.0151. The summed E-state index contributed by atoms with van der Waals surface area (Å²) in [4.78, 5) is 166. The third-order valence-electron chi connectivity index (χ3n) is 16.6. The Labute approximate surface area is 543 Å². The highest BCUT2D eigenvalue weighted by Gasteiger charge is 2.54. The number of rotatable bonds is 37. The van der Waals surface area contributed by atoms with Gasteiger partial charge in [-0.15, -0.1) is 0 Å². The van der Waals surface area contributed by atoms with Crippen LogP contribution in [0, 0.1) is 17.8 Å². The Balaban J connectivity index is 1.39. The van der Waals surface area contributed by atoms with Gasteiger partial charge in [-0.3, -0.25) is 57.7 Å². The number of aromatic hydroxyl groups is 2. The van der Waals surface area contributed by atoms with E-state index in [1.54, 1.807) is 27.8 Å². The van der Waals surface area contributed by atoms with Crippen molar-refractivity contribution in [2.75, 3.05) is 26.7 Å². The standard InChI is InChI=1S/C63H88N14O17/c1-8-31(4)50(68-7)59(90)77-51(32(5)9-2)58(89)71-30-48(81)72-43(22-23-49(82)83)55(86)74-42(56(87)76-52(33(6)10-3)60(91)75-44(29-47(64)80)57(88)73-41(53(65)84)15-13-25-70-62(66)67)14-11-12-24-69-54(85)34-16-19-37-40(26-34)63(94-61(37)92)38-20-17-35(78)27-45(38)93-46-28-36(79)18-21-39(46)63/h16-21,26-28,31-33,41-44,50-52,68,78-79H,8-15,22-25,29-30H2,1-7H3,(H2,64,80)(H2,65,84)(H,69,85)(H,71,89)(H,72,81)(H,73,88)(H,74,86)(H,75,91)(H,76,87)(H,77,90)(H,82,83)(H4,66,67,70)/t31-,32-,33-,41-,42-,43-,44-,50?,51-,52-/m0/s1. The number of carboxylic acids is 1. The van der Waals surface area contributed by atoms with E-state index in [0.29, 0.717) is 24.0 Å². The summed E-state index contributed by atoms with van der Waals surface area (Å²) >= 11 is 0. The minimum atomic E-state index is -1.71. The van der Waals surface area contributed by atoms with Gasteiger partial charge in [0.05, 0.1) is 24.6 Å². The first-order valence-corrected chi connectivity index (χ1v) is 31.1. The van der Waals surface area contributed by atoms with Crippen LogP contribution < -0.4 is 75.5 Å². The summed E-state index contributed by atoms with van der Waals surface area (Å²) in [7, 11) is 1.62. The van der Waals surface area contributed by atoms with E-state index >= 15 is 0 Å². The summed E-state index contributed by atoms with van der Waals surface area (Å²) in [5, 5.41) is 53.9. The Morgan fingerprint density at radius 3 is 1.66 bits per heavy atom. The van der Waals surface area contributed by atoms with Crippen molar-refractivity contribution in [3.8, 4) is 23.0 Å². The number of hydrogen-bond acceptors (Lipinski definition) is 18. The molecule has 0 aromatic heterocycles. The number of aliphatic imine (C=N–C) groups is 1. The lowest BCUT2D eigenvalue weighted by molar-refractivity contribution is -0.138. The molecule has 0 saturated carbocycles. The zero-order valence-electron chi connectivity index (χ0n) is 53.7. The van der Waals surface area contributed by atoms with Crippen molar-refractivity contribution in [3.63, 3.8) is 0 Å². The van der Waals surface area contributed by atoms with Crippen molar-refractivity contribution >= 4 is 77.0 Å². The summed E-state index contributed by atoms with van der Waals surface area (Å²) in [5.74, 6) is -12.4. The molecular weight excluding hydrogens is 1220 g/mol. The summed E-state index contributed by atoms with van der Waals surface area (Å²) in [6.45, 7) is 9.87. The van der Waals surface area contributed by atoms with Crippen molar-refractivity contribution in [1.29, 1.82) is 0 Å². The van der Waals surface area contributed by atoms with Gasteiger partial charge < -0.3 is 95.6 Å². The maximum Gasteiger partial charge on any atom is 0.340 e. The first-order valence-electron chi connectivity index (χ1n) is 31.1. The second-order valence-corrected chi connectivity index (χ2v) is 23.4. The molecule has 1 unspecified atom stereocenters. The van der Waals surface area contributed by atoms with E-state index in [1.165, 1.54) is 54.6 Å². The molecule has 2 aliphatic heterocycles. The maximum absolute atomic E-state index is 14.7. The van der Waals surface area contributed by atoms with Crippen molar-refractivity contribution in [2.24, 2.45) is 45.7 Å². The van der Waals surface area contributed by atoms with Gasteiger partial charge in [-0.25, -0.2) is 4.79 Å². The molecule has 10 atom stereocenters. The van der Waals surface area contributed by atoms with Crippen LogP contribution in [0.5, 0.6) is 23.0 Å². The summed E-state index contributed by atoms with van der Waals surface area (Å²) in [6.07, 6.45) is -0.563. The van der Waals surface area contributed by atoms with Crippen LogP contribution in [0.1, 0.15) is 150 Å². The Kier molecular flexibility index (Phi) is 27.4. The zero-order valence-corrected chi connectivity index (χ0v) is 53.7. The molecule has 10 amide bonds. The van der Waals surface area contributed by atoms with E-state index in [2.05, 4.69) is 52.8 Å². The average molecular weight is 1310 g/mol. The number of amides is 10. The first kappa shape index (κ1) is 74.7. The number of guanidine groups is 1. The van der Waals surface area contributed by atoms with E-state index in [-0.39, 0.29) is 103 Å².